The van der Waals surface area contributed by atoms with E-state index in [4.69, 9.17) is 15.2 Å². The van der Waals surface area contributed by atoms with Crippen molar-refractivity contribution >= 4 is 35.6 Å². The highest BCUT2D eigenvalue weighted by Gasteiger charge is 2.30. The second-order valence-corrected chi connectivity index (χ2v) is 4.07. The summed E-state index contributed by atoms with van der Waals surface area (Å²) in [6.07, 6.45) is -4.71. The molecule has 0 fully saturated rings. The molecule has 1 aromatic carbocycles. The van der Waals surface area contributed by atoms with E-state index in [0.29, 0.717) is 32.1 Å². The van der Waals surface area contributed by atoms with Crippen molar-refractivity contribution in [2.45, 2.75) is 6.36 Å². The number of benzene rings is 1. The summed E-state index contributed by atoms with van der Waals surface area (Å²) >= 11 is 0. The molecule has 23 heavy (non-hydrogen) atoms. The van der Waals surface area contributed by atoms with Crippen LogP contribution < -0.4 is 15.8 Å². The van der Waals surface area contributed by atoms with Crippen LogP contribution in [0.15, 0.2) is 29.3 Å². The molecular formula is C13H19F3IN3O3. The third-order valence-corrected chi connectivity index (χ3v) is 2.31. The van der Waals surface area contributed by atoms with Crippen LogP contribution >= 0.6 is 24.0 Å². The molecule has 0 radical (unpaired) electrons. The maximum atomic E-state index is 12.0. The van der Waals surface area contributed by atoms with E-state index in [0.717, 1.165) is 0 Å². The quantitative estimate of drug-likeness (QED) is 0.276. The molecule has 6 nitrogen and oxygen atoms in total. The van der Waals surface area contributed by atoms with E-state index >= 15 is 0 Å². The zero-order valence-corrected chi connectivity index (χ0v) is 14.8. The second kappa shape index (κ2) is 11.3. The number of methoxy groups -OCH3 is 1. The maximum Gasteiger partial charge on any atom is 0.573 e. The summed E-state index contributed by atoms with van der Waals surface area (Å²) in [5.41, 5.74) is 6.13. The number of hydrogen-bond acceptors (Lipinski definition) is 4. The number of aliphatic imine (C=N–C) groups is 1. The van der Waals surface area contributed by atoms with Gasteiger partial charge in [-0.15, -0.1) is 37.1 Å². The van der Waals surface area contributed by atoms with Crippen molar-refractivity contribution in [2.75, 3.05) is 38.8 Å². The number of alkyl halides is 3. The van der Waals surface area contributed by atoms with Gasteiger partial charge < -0.3 is 25.3 Å². The summed E-state index contributed by atoms with van der Waals surface area (Å²) in [5.74, 6) is -0.167. The normalized spacial score (nSPS) is 11.7. The maximum absolute atomic E-state index is 12.0. The van der Waals surface area contributed by atoms with Gasteiger partial charge in [0.1, 0.15) is 5.75 Å². The van der Waals surface area contributed by atoms with Gasteiger partial charge in [0, 0.05) is 12.8 Å². The number of anilines is 1. The Labute approximate surface area is 149 Å². The average molecular weight is 449 g/mol. The molecule has 0 aromatic heterocycles. The van der Waals surface area contributed by atoms with Crippen molar-refractivity contribution in [1.82, 2.24) is 0 Å². The molecule has 0 heterocycles. The Morgan fingerprint density at radius 1 is 1.17 bits per heavy atom. The van der Waals surface area contributed by atoms with Gasteiger partial charge in [0.25, 0.3) is 0 Å². The summed E-state index contributed by atoms with van der Waals surface area (Å²) in [4.78, 5) is 4.01. The second-order valence-electron chi connectivity index (χ2n) is 4.07. The van der Waals surface area contributed by atoms with Gasteiger partial charge >= 0.3 is 6.36 Å². The van der Waals surface area contributed by atoms with Gasteiger partial charge in [-0.2, -0.15) is 0 Å². The zero-order chi connectivity index (χ0) is 16.4. The Bertz CT molecular complexity index is 470. The lowest BCUT2D eigenvalue weighted by molar-refractivity contribution is -0.274. The average Bonchev–Trinajstić information content (AvgIpc) is 2.43. The van der Waals surface area contributed by atoms with Crippen LogP contribution in [0.3, 0.4) is 0 Å². The Hall–Kier alpha value is -1.27. The number of rotatable bonds is 8. The molecule has 0 aliphatic heterocycles. The van der Waals surface area contributed by atoms with E-state index in [2.05, 4.69) is 15.0 Å². The highest BCUT2D eigenvalue weighted by Crippen LogP contribution is 2.23. The van der Waals surface area contributed by atoms with Crippen molar-refractivity contribution in [3.63, 3.8) is 0 Å². The minimum Gasteiger partial charge on any atom is -0.406 e. The van der Waals surface area contributed by atoms with Crippen molar-refractivity contribution in [3.05, 3.63) is 24.3 Å². The van der Waals surface area contributed by atoms with E-state index < -0.39 is 6.36 Å². The molecule has 132 valence electrons. The Kier molecular flexibility index (Phi) is 10.7. The standard InChI is InChI=1S/C13H18F3N3O3.HI/c1-20-8-9-21-7-6-18-12(17)19-10-2-4-11(5-3-10)22-13(14,15)16;/h2-5H,6-9H2,1H3,(H3,17,18,19);1H. The zero-order valence-electron chi connectivity index (χ0n) is 12.4. The molecule has 0 saturated heterocycles. The first-order valence-corrected chi connectivity index (χ1v) is 6.40. The minimum absolute atomic E-state index is 0. The number of guanidine groups is 1. The number of nitrogens with two attached hydrogens (primary N) is 1. The first-order valence-electron chi connectivity index (χ1n) is 6.40. The van der Waals surface area contributed by atoms with E-state index in [1.54, 1.807) is 7.11 Å². The first kappa shape index (κ1) is 21.7. The lowest BCUT2D eigenvalue weighted by Crippen LogP contribution is -2.23. The van der Waals surface area contributed by atoms with Crippen LogP contribution in [0.1, 0.15) is 0 Å². The predicted octanol–water partition coefficient (Wildman–Crippen LogP) is 2.59. The summed E-state index contributed by atoms with van der Waals surface area (Å²) in [5, 5.41) is 2.74. The summed E-state index contributed by atoms with van der Waals surface area (Å²) in [6, 6.07) is 5.16. The van der Waals surface area contributed by atoms with Crippen LogP contribution in [0.5, 0.6) is 5.75 Å². The third kappa shape index (κ3) is 11.0. The van der Waals surface area contributed by atoms with Gasteiger partial charge in [-0.1, -0.05) is 0 Å². The minimum atomic E-state index is -4.71. The highest BCUT2D eigenvalue weighted by atomic mass is 127. The van der Waals surface area contributed by atoms with Gasteiger partial charge in [-0.3, -0.25) is 4.99 Å². The van der Waals surface area contributed by atoms with E-state index in [1.807, 2.05) is 0 Å². The van der Waals surface area contributed by atoms with Crippen LogP contribution in [-0.2, 0) is 9.47 Å². The third-order valence-electron chi connectivity index (χ3n) is 2.31. The Balaban J connectivity index is 0.00000484. The number of hydrogen-bond donors (Lipinski definition) is 2. The van der Waals surface area contributed by atoms with Gasteiger partial charge in [0.2, 0.25) is 0 Å². The largest absolute Gasteiger partial charge is 0.573 e. The monoisotopic (exact) mass is 449 g/mol. The fraction of sp³-hybridized carbons (Fsp3) is 0.462. The first-order chi connectivity index (χ1) is 10.4. The number of nitrogens with one attached hydrogen (secondary N) is 1. The van der Waals surface area contributed by atoms with E-state index in [-0.39, 0.29) is 35.7 Å². The molecule has 0 spiro atoms. The van der Waals surface area contributed by atoms with Crippen LogP contribution in [-0.4, -0.2) is 45.8 Å². The lowest BCUT2D eigenvalue weighted by Gasteiger charge is -2.10. The van der Waals surface area contributed by atoms with Gasteiger partial charge in [-0.25, -0.2) is 0 Å². The highest BCUT2D eigenvalue weighted by molar-refractivity contribution is 14.0. The topological polar surface area (TPSA) is 78.1 Å². The number of nitrogens with zero attached hydrogens (tertiary/aromatic N) is 1. The molecule has 0 aliphatic rings. The smallest absolute Gasteiger partial charge is 0.406 e. The van der Waals surface area contributed by atoms with E-state index in [9.17, 15) is 13.2 Å². The molecule has 0 unspecified atom stereocenters. The fourth-order valence-electron chi connectivity index (χ4n) is 1.40. The molecule has 0 bridgehead atoms. The van der Waals surface area contributed by atoms with Crippen LogP contribution in [0.25, 0.3) is 0 Å². The molecule has 1 rings (SSSR count). The Morgan fingerprint density at radius 3 is 2.39 bits per heavy atom. The van der Waals surface area contributed by atoms with E-state index in [1.165, 1.54) is 24.3 Å². The van der Waals surface area contributed by atoms with Crippen molar-refractivity contribution in [1.29, 1.82) is 0 Å². The fourth-order valence-corrected chi connectivity index (χ4v) is 1.40. The van der Waals surface area contributed by atoms with Crippen LogP contribution in [0, 0.1) is 0 Å². The molecular weight excluding hydrogens is 430 g/mol. The number of ether oxygens (including phenoxy) is 3. The van der Waals surface area contributed by atoms with Crippen LogP contribution in [0.2, 0.25) is 0 Å². The number of halogens is 4. The SMILES string of the molecule is COCCOCCN=C(N)Nc1ccc(OC(F)(F)F)cc1.I. The molecule has 0 aliphatic carbocycles. The van der Waals surface area contributed by atoms with Gasteiger partial charge in [0.15, 0.2) is 5.96 Å². The van der Waals surface area contributed by atoms with Crippen LogP contribution in [0.4, 0.5) is 18.9 Å². The predicted molar refractivity (Wildman–Crippen MR) is 91.3 cm³/mol. The molecule has 1 aromatic rings. The lowest BCUT2D eigenvalue weighted by atomic mass is 10.3. The van der Waals surface area contributed by atoms with Crippen molar-refractivity contribution in [2.24, 2.45) is 10.7 Å². The molecule has 0 atom stereocenters. The molecule has 0 amide bonds. The molecule has 0 saturated carbocycles. The van der Waals surface area contributed by atoms with Crippen molar-refractivity contribution in [3.8, 4) is 5.75 Å². The van der Waals surface area contributed by atoms with Crippen molar-refractivity contribution < 1.29 is 27.4 Å². The van der Waals surface area contributed by atoms with Gasteiger partial charge in [-0.05, 0) is 24.3 Å². The summed E-state index contributed by atoms with van der Waals surface area (Å²) < 4.78 is 49.8. The summed E-state index contributed by atoms with van der Waals surface area (Å²) in [7, 11) is 1.58. The summed E-state index contributed by atoms with van der Waals surface area (Å²) in [6.45, 7) is 1.73. The molecule has 3 N–H and O–H groups in total. The molecule has 10 heteroatoms. The Morgan fingerprint density at radius 2 is 1.83 bits per heavy atom. The van der Waals surface area contributed by atoms with Gasteiger partial charge in [0.05, 0.1) is 26.4 Å².